The van der Waals surface area contributed by atoms with Crippen molar-refractivity contribution in [2.75, 3.05) is 13.6 Å². The SMILES string of the molecule is CN(CC(N)=NO)S(=O)(=O)c1cnc[nH]1. The van der Waals surface area contributed by atoms with E-state index in [1.165, 1.54) is 19.6 Å². The van der Waals surface area contributed by atoms with Crippen molar-refractivity contribution in [3.8, 4) is 0 Å². The summed E-state index contributed by atoms with van der Waals surface area (Å²) in [5.41, 5.74) is 5.19. The molecule has 1 aromatic heterocycles. The summed E-state index contributed by atoms with van der Waals surface area (Å²) >= 11 is 0. The maximum Gasteiger partial charge on any atom is 0.260 e. The largest absolute Gasteiger partial charge is 0.409 e. The molecule has 1 rings (SSSR count). The number of imidazole rings is 1. The van der Waals surface area contributed by atoms with Crippen LogP contribution in [-0.4, -0.2) is 47.3 Å². The van der Waals surface area contributed by atoms with Crippen LogP contribution in [0.5, 0.6) is 0 Å². The van der Waals surface area contributed by atoms with Crippen LogP contribution in [-0.2, 0) is 10.0 Å². The van der Waals surface area contributed by atoms with Crippen LogP contribution >= 0.6 is 0 Å². The molecule has 0 spiro atoms. The number of sulfonamides is 1. The lowest BCUT2D eigenvalue weighted by Gasteiger charge is -2.14. The highest BCUT2D eigenvalue weighted by atomic mass is 32.2. The Kier molecular flexibility index (Phi) is 3.27. The van der Waals surface area contributed by atoms with Gasteiger partial charge in [0.05, 0.1) is 19.1 Å². The summed E-state index contributed by atoms with van der Waals surface area (Å²) in [5.74, 6) is -0.194. The zero-order chi connectivity index (χ0) is 11.5. The van der Waals surface area contributed by atoms with Gasteiger partial charge in [0.2, 0.25) is 0 Å². The van der Waals surface area contributed by atoms with Crippen LogP contribution in [0.4, 0.5) is 0 Å². The smallest absolute Gasteiger partial charge is 0.260 e. The Balaban J connectivity index is 2.89. The molecule has 0 radical (unpaired) electrons. The highest BCUT2D eigenvalue weighted by molar-refractivity contribution is 7.89. The van der Waals surface area contributed by atoms with Gasteiger partial charge in [-0.25, -0.2) is 13.4 Å². The number of nitrogens with two attached hydrogens (primary N) is 1. The number of likely N-dealkylation sites (N-methyl/N-ethyl adjacent to an activating group) is 1. The minimum Gasteiger partial charge on any atom is -0.409 e. The number of hydrogen-bond donors (Lipinski definition) is 3. The van der Waals surface area contributed by atoms with Crippen LogP contribution in [0.1, 0.15) is 0 Å². The lowest BCUT2D eigenvalue weighted by atomic mass is 10.6. The van der Waals surface area contributed by atoms with Crippen molar-refractivity contribution in [1.29, 1.82) is 0 Å². The Morgan fingerprint density at radius 2 is 2.47 bits per heavy atom. The Labute approximate surface area is 86.5 Å². The molecule has 0 bridgehead atoms. The topological polar surface area (TPSA) is 125 Å². The standard InChI is InChI=1S/C6H11N5O3S/c1-11(3-5(7)10-12)15(13,14)6-2-8-4-9-6/h2,4,12H,3H2,1H3,(H2,7,10)(H,8,9). The quantitative estimate of drug-likeness (QED) is 0.260. The zero-order valence-corrected chi connectivity index (χ0v) is 8.77. The molecule has 0 aliphatic heterocycles. The van der Waals surface area contributed by atoms with E-state index in [1.54, 1.807) is 0 Å². The second kappa shape index (κ2) is 4.28. The summed E-state index contributed by atoms with van der Waals surface area (Å²) in [6.45, 7) is -0.197. The van der Waals surface area contributed by atoms with E-state index in [0.29, 0.717) is 0 Å². The molecule has 0 saturated heterocycles. The number of nitrogens with zero attached hydrogens (tertiary/aromatic N) is 3. The van der Waals surface area contributed by atoms with Crippen LogP contribution in [0, 0.1) is 0 Å². The first-order chi connectivity index (χ1) is 6.98. The highest BCUT2D eigenvalue weighted by Gasteiger charge is 2.22. The van der Waals surface area contributed by atoms with E-state index >= 15 is 0 Å². The third kappa shape index (κ3) is 2.44. The van der Waals surface area contributed by atoms with Crippen molar-refractivity contribution in [2.24, 2.45) is 10.9 Å². The predicted octanol–water partition coefficient (Wildman–Crippen LogP) is -1.22. The van der Waals surface area contributed by atoms with Crippen LogP contribution < -0.4 is 5.73 Å². The minimum atomic E-state index is -3.66. The second-order valence-corrected chi connectivity index (χ2v) is 4.78. The van der Waals surface area contributed by atoms with Crippen molar-refractivity contribution in [3.05, 3.63) is 12.5 Å². The first-order valence-electron chi connectivity index (χ1n) is 3.89. The highest BCUT2D eigenvalue weighted by Crippen LogP contribution is 2.08. The number of rotatable bonds is 4. The van der Waals surface area contributed by atoms with Crippen molar-refractivity contribution >= 4 is 15.9 Å². The Hall–Kier alpha value is -1.61. The molecule has 0 aliphatic rings. The lowest BCUT2D eigenvalue weighted by molar-refractivity contribution is 0.315. The van der Waals surface area contributed by atoms with Gasteiger partial charge in [-0.1, -0.05) is 5.16 Å². The molecular formula is C6H11N5O3S. The van der Waals surface area contributed by atoms with E-state index in [-0.39, 0.29) is 17.4 Å². The molecule has 8 nitrogen and oxygen atoms in total. The Morgan fingerprint density at radius 1 is 1.80 bits per heavy atom. The summed E-state index contributed by atoms with van der Waals surface area (Å²) < 4.78 is 24.4. The molecule has 0 saturated carbocycles. The fourth-order valence-electron chi connectivity index (χ4n) is 0.897. The van der Waals surface area contributed by atoms with Gasteiger partial charge in [-0.05, 0) is 0 Å². The number of hydrogen-bond acceptors (Lipinski definition) is 5. The summed E-state index contributed by atoms with van der Waals surface area (Å²) in [7, 11) is -2.34. The van der Waals surface area contributed by atoms with Crippen LogP contribution in [0.2, 0.25) is 0 Å². The van der Waals surface area contributed by atoms with Crippen molar-refractivity contribution < 1.29 is 13.6 Å². The van der Waals surface area contributed by atoms with Gasteiger partial charge >= 0.3 is 0 Å². The fourth-order valence-corrected chi connectivity index (χ4v) is 1.93. The molecule has 15 heavy (non-hydrogen) atoms. The number of nitrogens with one attached hydrogen (secondary N) is 1. The molecular weight excluding hydrogens is 222 g/mol. The van der Waals surface area contributed by atoms with Gasteiger partial charge in [0.1, 0.15) is 0 Å². The van der Waals surface area contributed by atoms with Gasteiger partial charge in [0.15, 0.2) is 10.9 Å². The molecule has 0 atom stereocenters. The average molecular weight is 233 g/mol. The monoisotopic (exact) mass is 233 g/mol. The normalized spacial score (nSPS) is 13.3. The molecule has 4 N–H and O–H groups in total. The molecule has 0 aliphatic carbocycles. The fraction of sp³-hybridized carbons (Fsp3) is 0.333. The molecule has 1 aromatic rings. The predicted molar refractivity (Wildman–Crippen MR) is 51.8 cm³/mol. The first-order valence-corrected chi connectivity index (χ1v) is 5.33. The van der Waals surface area contributed by atoms with E-state index in [1.807, 2.05) is 0 Å². The third-order valence-corrected chi connectivity index (χ3v) is 3.40. The van der Waals surface area contributed by atoms with Gasteiger partial charge in [-0.2, -0.15) is 4.31 Å². The van der Waals surface area contributed by atoms with Crippen LogP contribution in [0.15, 0.2) is 22.7 Å². The average Bonchev–Trinajstić information content (AvgIpc) is 2.70. The molecule has 0 aromatic carbocycles. The van der Waals surface area contributed by atoms with E-state index in [4.69, 9.17) is 10.9 Å². The first kappa shape index (κ1) is 11.5. The molecule has 0 amide bonds. The number of amidine groups is 1. The van der Waals surface area contributed by atoms with Gasteiger partial charge in [-0.3, -0.25) is 0 Å². The molecule has 1 heterocycles. The lowest BCUT2D eigenvalue weighted by Crippen LogP contribution is -2.35. The van der Waals surface area contributed by atoms with Crippen molar-refractivity contribution in [1.82, 2.24) is 14.3 Å². The molecule has 84 valence electrons. The molecule has 0 fully saturated rings. The van der Waals surface area contributed by atoms with E-state index in [0.717, 1.165) is 4.31 Å². The Bertz CT molecular complexity index is 437. The zero-order valence-electron chi connectivity index (χ0n) is 7.95. The van der Waals surface area contributed by atoms with E-state index in [2.05, 4.69) is 15.1 Å². The summed E-state index contributed by atoms with van der Waals surface area (Å²) in [5, 5.41) is 10.9. The maximum atomic E-state index is 11.7. The van der Waals surface area contributed by atoms with Gasteiger partial charge in [0.25, 0.3) is 10.0 Å². The number of aromatic nitrogens is 2. The van der Waals surface area contributed by atoms with Gasteiger partial charge in [0, 0.05) is 7.05 Å². The van der Waals surface area contributed by atoms with Gasteiger partial charge in [-0.15, -0.1) is 0 Å². The molecule has 9 heteroatoms. The summed E-state index contributed by atoms with van der Waals surface area (Å²) in [4.78, 5) is 6.06. The second-order valence-electron chi connectivity index (χ2n) is 2.77. The van der Waals surface area contributed by atoms with Crippen molar-refractivity contribution in [3.63, 3.8) is 0 Å². The van der Waals surface area contributed by atoms with Crippen molar-refractivity contribution in [2.45, 2.75) is 5.03 Å². The summed E-state index contributed by atoms with van der Waals surface area (Å²) in [6.07, 6.45) is 2.43. The van der Waals surface area contributed by atoms with Gasteiger partial charge < -0.3 is 15.9 Å². The minimum absolute atomic E-state index is 0.0456. The van der Waals surface area contributed by atoms with E-state index in [9.17, 15) is 8.42 Å². The number of H-pyrrole nitrogens is 1. The van der Waals surface area contributed by atoms with Crippen LogP contribution in [0.25, 0.3) is 0 Å². The Morgan fingerprint density at radius 3 is 2.93 bits per heavy atom. The third-order valence-electron chi connectivity index (χ3n) is 1.67. The number of oxime groups is 1. The van der Waals surface area contributed by atoms with Crippen LogP contribution in [0.3, 0.4) is 0 Å². The number of aromatic amines is 1. The van der Waals surface area contributed by atoms with E-state index < -0.39 is 10.0 Å². The summed E-state index contributed by atoms with van der Waals surface area (Å²) in [6, 6.07) is 0. The maximum absolute atomic E-state index is 11.7. The molecule has 0 unspecified atom stereocenters.